The first kappa shape index (κ1) is 16.6. The Morgan fingerprint density at radius 3 is 2.84 bits per heavy atom. The third-order valence-electron chi connectivity index (χ3n) is 4.76. The predicted molar refractivity (Wildman–Crippen MR) is 99.2 cm³/mol. The molecule has 0 unspecified atom stereocenters. The minimum atomic E-state index is -0.437. The van der Waals surface area contributed by atoms with Crippen LogP contribution in [0.2, 0.25) is 0 Å². The summed E-state index contributed by atoms with van der Waals surface area (Å²) in [6, 6.07) is 12.3. The number of amides is 2. The van der Waals surface area contributed by atoms with E-state index in [0.29, 0.717) is 17.6 Å². The Balaban J connectivity index is 1.40. The fourth-order valence-electron chi connectivity index (χ4n) is 3.55. The molecule has 2 amide bonds. The monoisotopic (exact) mass is 373 g/mol. The second-order valence-corrected chi connectivity index (χ2v) is 8.93. The smallest absolute Gasteiger partial charge is 0.261 e. The van der Waals surface area contributed by atoms with Crippen LogP contribution in [0.25, 0.3) is 0 Å². The first-order chi connectivity index (χ1) is 12.1. The number of carbonyl (C=O) groups excluding carboxylic acids is 2. The third kappa shape index (κ3) is 3.58. The van der Waals surface area contributed by atoms with Crippen LogP contribution in [-0.2, 0) is 0 Å². The van der Waals surface area contributed by atoms with Crippen LogP contribution in [-0.4, -0.2) is 29.9 Å². The normalized spacial score (nSPS) is 24.4. The van der Waals surface area contributed by atoms with Gasteiger partial charge in [-0.3, -0.25) is 9.59 Å². The fourth-order valence-corrected chi connectivity index (χ4v) is 5.62. The molecular formula is C18H19N3O2S2. The van der Waals surface area contributed by atoms with Crippen molar-refractivity contribution in [2.75, 3.05) is 0 Å². The molecule has 0 spiro atoms. The van der Waals surface area contributed by atoms with E-state index in [0.717, 1.165) is 26.8 Å². The average Bonchev–Trinajstić information content (AvgIpc) is 3.31. The van der Waals surface area contributed by atoms with Gasteiger partial charge in [-0.05, 0) is 49.6 Å². The standard InChI is InChI=1S/C18H19N3O2S2/c19-17(22)10-2-1-3-12(8-10)24-16-7-6-15(25-16)18(23)21-14-9-11-4-5-13(14)20-11/h1-3,6-8,11,13-14,20H,4-5,9H2,(H2,19,22)(H,21,23)/t11-,13+,14-/m1/s1. The van der Waals surface area contributed by atoms with E-state index >= 15 is 0 Å². The van der Waals surface area contributed by atoms with Crippen molar-refractivity contribution >= 4 is 34.9 Å². The molecule has 0 saturated carbocycles. The molecule has 7 heteroatoms. The summed E-state index contributed by atoms with van der Waals surface area (Å²) in [4.78, 5) is 25.4. The summed E-state index contributed by atoms with van der Waals surface area (Å²) >= 11 is 3.00. The summed E-state index contributed by atoms with van der Waals surface area (Å²) in [6.45, 7) is 0. The van der Waals surface area contributed by atoms with Gasteiger partial charge in [0, 0.05) is 28.6 Å². The summed E-state index contributed by atoms with van der Waals surface area (Å²) in [5.74, 6) is -0.435. The highest BCUT2D eigenvalue weighted by Gasteiger charge is 2.39. The summed E-state index contributed by atoms with van der Waals surface area (Å²) in [7, 11) is 0. The lowest BCUT2D eigenvalue weighted by Gasteiger charge is -2.20. The fraction of sp³-hybridized carbons (Fsp3) is 0.333. The van der Waals surface area contributed by atoms with Gasteiger partial charge in [0.2, 0.25) is 5.91 Å². The zero-order valence-electron chi connectivity index (χ0n) is 13.5. The molecule has 0 radical (unpaired) electrons. The highest BCUT2D eigenvalue weighted by molar-refractivity contribution is 8.01. The molecule has 2 aliphatic heterocycles. The van der Waals surface area contributed by atoms with Crippen LogP contribution in [0.3, 0.4) is 0 Å². The van der Waals surface area contributed by atoms with Crippen LogP contribution in [0, 0.1) is 0 Å². The molecule has 130 valence electrons. The number of hydrogen-bond acceptors (Lipinski definition) is 5. The molecule has 2 fully saturated rings. The van der Waals surface area contributed by atoms with Crippen molar-refractivity contribution in [1.82, 2.24) is 10.6 Å². The van der Waals surface area contributed by atoms with E-state index in [1.807, 2.05) is 24.3 Å². The maximum atomic E-state index is 12.5. The molecule has 4 rings (SSSR count). The Kier molecular flexibility index (Phi) is 4.54. The summed E-state index contributed by atoms with van der Waals surface area (Å²) in [6.07, 6.45) is 3.40. The summed E-state index contributed by atoms with van der Waals surface area (Å²) in [5.41, 5.74) is 5.81. The van der Waals surface area contributed by atoms with E-state index < -0.39 is 5.91 Å². The van der Waals surface area contributed by atoms with Crippen molar-refractivity contribution in [3.8, 4) is 0 Å². The van der Waals surface area contributed by atoms with Gasteiger partial charge in [-0.15, -0.1) is 11.3 Å². The van der Waals surface area contributed by atoms with Gasteiger partial charge in [-0.2, -0.15) is 0 Å². The number of primary amides is 1. The number of fused-ring (bicyclic) bond motifs is 2. The number of nitrogens with two attached hydrogens (primary N) is 1. The molecule has 2 saturated heterocycles. The van der Waals surface area contributed by atoms with Crippen molar-refractivity contribution in [3.63, 3.8) is 0 Å². The largest absolute Gasteiger partial charge is 0.366 e. The molecule has 2 aliphatic rings. The summed E-state index contributed by atoms with van der Waals surface area (Å²) < 4.78 is 1.01. The molecular weight excluding hydrogens is 354 g/mol. The number of hydrogen-bond donors (Lipinski definition) is 3. The topological polar surface area (TPSA) is 84.2 Å². The first-order valence-corrected chi connectivity index (χ1v) is 9.96. The minimum Gasteiger partial charge on any atom is -0.366 e. The van der Waals surface area contributed by atoms with Crippen LogP contribution in [0.5, 0.6) is 0 Å². The van der Waals surface area contributed by atoms with Gasteiger partial charge in [0.05, 0.1) is 9.09 Å². The molecule has 25 heavy (non-hydrogen) atoms. The average molecular weight is 374 g/mol. The highest BCUT2D eigenvalue weighted by Crippen LogP contribution is 2.34. The second-order valence-electron chi connectivity index (χ2n) is 6.48. The Bertz CT molecular complexity index is 820. The van der Waals surface area contributed by atoms with E-state index in [2.05, 4.69) is 10.6 Å². The van der Waals surface area contributed by atoms with Crippen LogP contribution < -0.4 is 16.4 Å². The van der Waals surface area contributed by atoms with Gasteiger partial charge in [0.25, 0.3) is 5.91 Å². The lowest BCUT2D eigenvalue weighted by Crippen LogP contribution is -2.42. The number of nitrogens with one attached hydrogen (secondary N) is 2. The molecule has 2 aromatic rings. The molecule has 1 aromatic heterocycles. The van der Waals surface area contributed by atoms with E-state index in [1.54, 1.807) is 12.1 Å². The Morgan fingerprint density at radius 1 is 1.24 bits per heavy atom. The lowest BCUT2D eigenvalue weighted by molar-refractivity contribution is 0.0934. The van der Waals surface area contributed by atoms with Crippen molar-refractivity contribution in [2.24, 2.45) is 5.73 Å². The molecule has 3 atom stereocenters. The molecule has 5 nitrogen and oxygen atoms in total. The molecule has 1 aromatic carbocycles. The number of carbonyl (C=O) groups is 2. The van der Waals surface area contributed by atoms with Crippen molar-refractivity contribution in [3.05, 3.63) is 46.8 Å². The molecule has 2 bridgehead atoms. The minimum absolute atomic E-state index is 0.00193. The van der Waals surface area contributed by atoms with E-state index in [9.17, 15) is 9.59 Å². The van der Waals surface area contributed by atoms with E-state index in [4.69, 9.17) is 5.73 Å². The third-order valence-corrected chi connectivity index (χ3v) is 6.96. The van der Waals surface area contributed by atoms with Crippen molar-refractivity contribution < 1.29 is 9.59 Å². The number of thiophene rings is 1. The molecule has 0 aliphatic carbocycles. The second kappa shape index (κ2) is 6.82. The number of rotatable bonds is 5. The SMILES string of the molecule is NC(=O)c1cccc(Sc2ccc(C(=O)N[C@@H]3C[C@H]4CC[C@@H]3N4)s2)c1. The highest BCUT2D eigenvalue weighted by atomic mass is 32.2. The molecule has 3 heterocycles. The van der Waals surface area contributed by atoms with Gasteiger partial charge in [-0.25, -0.2) is 0 Å². The van der Waals surface area contributed by atoms with Gasteiger partial charge < -0.3 is 16.4 Å². The Labute approximate surface area is 154 Å². The van der Waals surface area contributed by atoms with Gasteiger partial charge >= 0.3 is 0 Å². The Hall–Kier alpha value is -1.83. The van der Waals surface area contributed by atoms with Crippen LogP contribution in [0.1, 0.15) is 39.3 Å². The Morgan fingerprint density at radius 2 is 2.12 bits per heavy atom. The predicted octanol–water partition coefficient (Wildman–Crippen LogP) is 2.62. The van der Waals surface area contributed by atoms with Crippen LogP contribution >= 0.6 is 23.1 Å². The zero-order chi connectivity index (χ0) is 17.4. The zero-order valence-corrected chi connectivity index (χ0v) is 15.2. The summed E-state index contributed by atoms with van der Waals surface area (Å²) in [5, 5.41) is 6.70. The van der Waals surface area contributed by atoms with Gasteiger partial charge in [0.1, 0.15) is 0 Å². The first-order valence-electron chi connectivity index (χ1n) is 8.33. The maximum Gasteiger partial charge on any atom is 0.261 e. The quantitative estimate of drug-likeness (QED) is 0.752. The number of benzene rings is 1. The van der Waals surface area contributed by atoms with Crippen LogP contribution in [0.4, 0.5) is 0 Å². The van der Waals surface area contributed by atoms with Gasteiger partial charge in [-0.1, -0.05) is 17.8 Å². The maximum absolute atomic E-state index is 12.5. The van der Waals surface area contributed by atoms with Crippen molar-refractivity contribution in [1.29, 1.82) is 0 Å². The van der Waals surface area contributed by atoms with E-state index in [1.165, 1.54) is 29.5 Å². The van der Waals surface area contributed by atoms with Crippen molar-refractivity contribution in [2.45, 2.75) is 46.5 Å². The molecule has 4 N–H and O–H groups in total. The van der Waals surface area contributed by atoms with Gasteiger partial charge in [0.15, 0.2) is 0 Å². The van der Waals surface area contributed by atoms with E-state index in [-0.39, 0.29) is 11.9 Å². The lowest BCUT2D eigenvalue weighted by atomic mass is 9.95. The van der Waals surface area contributed by atoms with Crippen LogP contribution in [0.15, 0.2) is 45.5 Å².